The van der Waals surface area contributed by atoms with E-state index in [4.69, 9.17) is 5.11 Å². The standard InChI is InChI=1S/C8H13F3O/c9-8(10,11)7-3-1-2-6(7)4-5-12/h6-7,12H,1-5H2. The zero-order valence-corrected chi connectivity index (χ0v) is 6.77. The predicted molar refractivity (Wildman–Crippen MR) is 38.6 cm³/mol. The van der Waals surface area contributed by atoms with E-state index in [2.05, 4.69) is 0 Å². The van der Waals surface area contributed by atoms with E-state index in [1.54, 1.807) is 0 Å². The van der Waals surface area contributed by atoms with E-state index in [0.717, 1.165) is 0 Å². The van der Waals surface area contributed by atoms with Gasteiger partial charge >= 0.3 is 6.18 Å². The fourth-order valence-electron chi connectivity index (χ4n) is 1.98. The first kappa shape index (κ1) is 9.84. The number of hydrogen-bond donors (Lipinski definition) is 1. The van der Waals surface area contributed by atoms with Crippen LogP contribution in [-0.4, -0.2) is 17.9 Å². The zero-order valence-electron chi connectivity index (χ0n) is 6.77. The largest absolute Gasteiger partial charge is 0.396 e. The minimum Gasteiger partial charge on any atom is -0.396 e. The summed E-state index contributed by atoms with van der Waals surface area (Å²) < 4.78 is 36.8. The van der Waals surface area contributed by atoms with Crippen LogP contribution in [0.2, 0.25) is 0 Å². The molecular weight excluding hydrogens is 169 g/mol. The molecule has 2 unspecified atom stereocenters. The first-order valence-corrected chi connectivity index (χ1v) is 4.23. The van der Waals surface area contributed by atoms with Gasteiger partial charge in [0.25, 0.3) is 0 Å². The van der Waals surface area contributed by atoms with Crippen molar-refractivity contribution in [2.75, 3.05) is 6.61 Å². The van der Waals surface area contributed by atoms with Gasteiger partial charge in [-0.1, -0.05) is 6.42 Å². The van der Waals surface area contributed by atoms with Crippen LogP contribution in [0.25, 0.3) is 0 Å². The average molecular weight is 182 g/mol. The summed E-state index contributed by atoms with van der Waals surface area (Å²) in [7, 11) is 0. The summed E-state index contributed by atoms with van der Waals surface area (Å²) in [6.07, 6.45) is -2.26. The SMILES string of the molecule is OCCC1CCCC1C(F)(F)F. The Labute approximate surface area is 69.6 Å². The van der Waals surface area contributed by atoms with Gasteiger partial charge in [0.1, 0.15) is 0 Å². The van der Waals surface area contributed by atoms with Gasteiger partial charge in [-0.05, 0) is 25.2 Å². The molecule has 0 bridgehead atoms. The smallest absolute Gasteiger partial charge is 0.392 e. The van der Waals surface area contributed by atoms with Crippen molar-refractivity contribution in [3.63, 3.8) is 0 Å². The van der Waals surface area contributed by atoms with Gasteiger partial charge in [0.05, 0.1) is 5.92 Å². The Balaban J connectivity index is 2.52. The molecule has 0 aromatic carbocycles. The summed E-state index contributed by atoms with van der Waals surface area (Å²) in [6, 6.07) is 0. The van der Waals surface area contributed by atoms with Gasteiger partial charge in [0.15, 0.2) is 0 Å². The van der Waals surface area contributed by atoms with Crippen LogP contribution in [0.15, 0.2) is 0 Å². The molecular formula is C8H13F3O. The van der Waals surface area contributed by atoms with Crippen molar-refractivity contribution in [3.05, 3.63) is 0 Å². The number of alkyl halides is 3. The number of aliphatic hydroxyl groups is 1. The molecule has 0 radical (unpaired) electrons. The Morgan fingerprint density at radius 2 is 1.92 bits per heavy atom. The van der Waals surface area contributed by atoms with Gasteiger partial charge in [-0.15, -0.1) is 0 Å². The van der Waals surface area contributed by atoms with Crippen LogP contribution in [-0.2, 0) is 0 Å². The molecule has 0 saturated heterocycles. The molecule has 1 N–H and O–H groups in total. The maximum atomic E-state index is 12.3. The molecule has 0 aromatic heterocycles. The third-order valence-corrected chi connectivity index (χ3v) is 2.58. The van der Waals surface area contributed by atoms with Crippen molar-refractivity contribution >= 4 is 0 Å². The summed E-state index contributed by atoms with van der Waals surface area (Å²) in [6.45, 7) is -0.128. The van der Waals surface area contributed by atoms with Gasteiger partial charge < -0.3 is 5.11 Å². The molecule has 0 heterocycles. The molecule has 1 rings (SSSR count). The third-order valence-electron chi connectivity index (χ3n) is 2.58. The van der Waals surface area contributed by atoms with Gasteiger partial charge in [-0.3, -0.25) is 0 Å². The van der Waals surface area contributed by atoms with E-state index >= 15 is 0 Å². The quantitative estimate of drug-likeness (QED) is 0.695. The Morgan fingerprint density at radius 3 is 2.42 bits per heavy atom. The second-order valence-electron chi connectivity index (χ2n) is 3.35. The third kappa shape index (κ3) is 2.12. The molecule has 0 aromatic rings. The highest BCUT2D eigenvalue weighted by molar-refractivity contribution is 4.82. The molecule has 0 spiro atoms. The van der Waals surface area contributed by atoms with E-state index in [9.17, 15) is 13.2 Å². The first-order valence-electron chi connectivity index (χ1n) is 4.23. The number of hydrogen-bond acceptors (Lipinski definition) is 1. The van der Waals surface area contributed by atoms with Crippen LogP contribution >= 0.6 is 0 Å². The highest BCUT2D eigenvalue weighted by atomic mass is 19.4. The van der Waals surface area contributed by atoms with Crippen LogP contribution in [0.1, 0.15) is 25.7 Å². The fourth-order valence-corrected chi connectivity index (χ4v) is 1.98. The Hall–Kier alpha value is -0.250. The molecule has 1 nitrogen and oxygen atoms in total. The molecule has 72 valence electrons. The van der Waals surface area contributed by atoms with Crippen molar-refractivity contribution in [1.82, 2.24) is 0 Å². The fraction of sp³-hybridized carbons (Fsp3) is 1.00. The molecule has 1 saturated carbocycles. The zero-order chi connectivity index (χ0) is 9.19. The van der Waals surface area contributed by atoms with E-state index in [1.807, 2.05) is 0 Å². The van der Waals surface area contributed by atoms with Gasteiger partial charge in [-0.25, -0.2) is 0 Å². The van der Waals surface area contributed by atoms with Crippen molar-refractivity contribution in [2.45, 2.75) is 31.9 Å². The van der Waals surface area contributed by atoms with E-state index in [0.29, 0.717) is 19.3 Å². The van der Waals surface area contributed by atoms with Crippen molar-refractivity contribution < 1.29 is 18.3 Å². The summed E-state index contributed by atoms with van der Waals surface area (Å²) in [5.41, 5.74) is 0. The van der Waals surface area contributed by atoms with Crippen molar-refractivity contribution in [3.8, 4) is 0 Å². The highest BCUT2D eigenvalue weighted by Crippen LogP contribution is 2.44. The molecule has 0 aliphatic heterocycles. The van der Waals surface area contributed by atoms with E-state index in [-0.39, 0.29) is 18.9 Å². The van der Waals surface area contributed by atoms with Gasteiger partial charge in [0, 0.05) is 6.61 Å². The maximum Gasteiger partial charge on any atom is 0.392 e. The van der Waals surface area contributed by atoms with Gasteiger partial charge in [0.2, 0.25) is 0 Å². The van der Waals surface area contributed by atoms with Crippen molar-refractivity contribution in [2.24, 2.45) is 11.8 Å². The van der Waals surface area contributed by atoms with E-state index in [1.165, 1.54) is 0 Å². The monoisotopic (exact) mass is 182 g/mol. The van der Waals surface area contributed by atoms with Crippen LogP contribution in [0.4, 0.5) is 13.2 Å². The summed E-state index contributed by atoms with van der Waals surface area (Å²) in [4.78, 5) is 0. The van der Waals surface area contributed by atoms with Crippen LogP contribution in [0.5, 0.6) is 0 Å². The second kappa shape index (κ2) is 3.64. The summed E-state index contributed by atoms with van der Waals surface area (Å²) >= 11 is 0. The van der Waals surface area contributed by atoms with Crippen LogP contribution in [0, 0.1) is 11.8 Å². The van der Waals surface area contributed by atoms with E-state index < -0.39 is 12.1 Å². The lowest BCUT2D eigenvalue weighted by Gasteiger charge is -2.21. The minimum absolute atomic E-state index is 0.128. The topological polar surface area (TPSA) is 20.2 Å². The molecule has 0 amide bonds. The lowest BCUT2D eigenvalue weighted by Crippen LogP contribution is -2.26. The summed E-state index contributed by atoms with van der Waals surface area (Å²) in [5.74, 6) is -1.50. The molecule has 4 heteroatoms. The molecule has 12 heavy (non-hydrogen) atoms. The van der Waals surface area contributed by atoms with Gasteiger partial charge in [-0.2, -0.15) is 13.2 Å². The van der Waals surface area contributed by atoms with Crippen molar-refractivity contribution in [1.29, 1.82) is 0 Å². The predicted octanol–water partition coefficient (Wildman–Crippen LogP) is 2.35. The van der Waals surface area contributed by atoms with Crippen LogP contribution in [0.3, 0.4) is 0 Å². The average Bonchev–Trinajstić information content (AvgIpc) is 2.34. The number of rotatable bonds is 2. The maximum absolute atomic E-state index is 12.3. The molecule has 1 aliphatic carbocycles. The number of aliphatic hydroxyl groups excluding tert-OH is 1. The Kier molecular flexibility index (Phi) is 2.99. The second-order valence-corrected chi connectivity index (χ2v) is 3.35. The normalized spacial score (nSPS) is 31.0. The lowest BCUT2D eigenvalue weighted by molar-refractivity contribution is -0.184. The molecule has 1 fully saturated rings. The highest BCUT2D eigenvalue weighted by Gasteiger charge is 2.46. The van der Waals surface area contributed by atoms with Crippen LogP contribution < -0.4 is 0 Å². The molecule has 1 aliphatic rings. The minimum atomic E-state index is -4.06. The molecule has 2 atom stereocenters. The lowest BCUT2D eigenvalue weighted by atomic mass is 9.93. The Morgan fingerprint density at radius 1 is 1.25 bits per heavy atom. The Bertz CT molecular complexity index is 144. The number of halogens is 3. The summed E-state index contributed by atoms with van der Waals surface area (Å²) in [5, 5.41) is 8.54. The first-order chi connectivity index (χ1) is 5.55.